The van der Waals surface area contributed by atoms with Crippen molar-refractivity contribution in [3.8, 4) is 5.75 Å². The van der Waals surface area contributed by atoms with Crippen LogP contribution in [0.3, 0.4) is 0 Å². The third-order valence-electron chi connectivity index (χ3n) is 2.41. The van der Waals surface area contributed by atoms with Gasteiger partial charge in [-0.25, -0.2) is 0 Å². The van der Waals surface area contributed by atoms with Crippen LogP contribution in [0.15, 0.2) is 30.3 Å². The number of halogens is 2. The topological polar surface area (TPSA) is 29.5 Å². The maximum atomic E-state index is 11.6. The van der Waals surface area contributed by atoms with E-state index in [0.717, 1.165) is 13.1 Å². The second-order valence-electron chi connectivity index (χ2n) is 3.76. The first kappa shape index (κ1) is 15.3. The molecule has 0 saturated heterocycles. The number of hydrogen-bond acceptors (Lipinski definition) is 3. The molecular formula is C13H17Cl2NO2. The van der Waals surface area contributed by atoms with Gasteiger partial charge < -0.3 is 9.64 Å². The van der Waals surface area contributed by atoms with Crippen molar-refractivity contribution in [2.45, 2.75) is 6.42 Å². The quantitative estimate of drug-likeness (QED) is 0.419. The van der Waals surface area contributed by atoms with Crippen molar-refractivity contribution in [2.24, 2.45) is 0 Å². The summed E-state index contributed by atoms with van der Waals surface area (Å²) in [5.74, 6) is 1.40. The molecule has 1 rings (SSSR count). The molecule has 1 aromatic rings. The molecule has 0 aliphatic rings. The Morgan fingerprint density at radius 1 is 1.06 bits per heavy atom. The second-order valence-corrected chi connectivity index (χ2v) is 4.51. The van der Waals surface area contributed by atoms with Crippen molar-refractivity contribution in [3.05, 3.63) is 30.3 Å². The maximum absolute atomic E-state index is 11.6. The fourth-order valence-corrected chi connectivity index (χ4v) is 1.97. The van der Waals surface area contributed by atoms with Gasteiger partial charge in [-0.1, -0.05) is 18.2 Å². The number of benzene rings is 1. The Morgan fingerprint density at radius 2 is 1.67 bits per heavy atom. The molecule has 0 bridgehead atoms. The molecule has 5 heteroatoms. The van der Waals surface area contributed by atoms with Crippen LogP contribution in [-0.4, -0.2) is 42.3 Å². The molecule has 0 N–H and O–H groups in total. The smallest absolute Gasteiger partial charge is 0.312 e. The third kappa shape index (κ3) is 6.24. The number of ether oxygens (including phenoxy) is 1. The van der Waals surface area contributed by atoms with Crippen LogP contribution >= 0.6 is 23.2 Å². The van der Waals surface area contributed by atoms with Gasteiger partial charge in [0.1, 0.15) is 5.75 Å². The molecule has 0 fully saturated rings. The van der Waals surface area contributed by atoms with Gasteiger partial charge in [0, 0.05) is 31.4 Å². The summed E-state index contributed by atoms with van der Waals surface area (Å²) in [4.78, 5) is 13.7. The zero-order valence-corrected chi connectivity index (χ0v) is 11.7. The summed E-state index contributed by atoms with van der Waals surface area (Å²) in [6.45, 7) is 2.07. The molecule has 0 radical (unpaired) electrons. The normalized spacial score (nSPS) is 10.6. The van der Waals surface area contributed by atoms with Gasteiger partial charge in [-0.05, 0) is 12.1 Å². The molecule has 0 heterocycles. The number of carbonyl (C=O) groups is 1. The summed E-state index contributed by atoms with van der Waals surface area (Å²) in [6.07, 6.45) is 0.336. The molecule has 1 aromatic carbocycles. The van der Waals surface area contributed by atoms with Crippen LogP contribution in [0.2, 0.25) is 0 Å². The number of rotatable bonds is 8. The summed E-state index contributed by atoms with van der Waals surface area (Å²) in [7, 11) is 0. The highest BCUT2D eigenvalue weighted by atomic mass is 35.5. The number of esters is 1. The Kier molecular flexibility index (Phi) is 7.81. The van der Waals surface area contributed by atoms with Gasteiger partial charge in [0.2, 0.25) is 0 Å². The number of carbonyl (C=O) groups excluding carboxylic acids is 1. The van der Waals surface area contributed by atoms with Crippen LogP contribution in [0.4, 0.5) is 0 Å². The van der Waals surface area contributed by atoms with Crippen molar-refractivity contribution in [1.82, 2.24) is 4.90 Å². The van der Waals surface area contributed by atoms with Crippen molar-refractivity contribution < 1.29 is 9.53 Å². The van der Waals surface area contributed by atoms with Crippen molar-refractivity contribution in [2.75, 3.05) is 31.4 Å². The summed E-state index contributed by atoms with van der Waals surface area (Å²) in [6, 6.07) is 9.05. The molecular weight excluding hydrogens is 273 g/mol. The monoisotopic (exact) mass is 289 g/mol. The lowest BCUT2D eigenvalue weighted by Gasteiger charge is -2.19. The van der Waals surface area contributed by atoms with Crippen molar-refractivity contribution in [1.29, 1.82) is 0 Å². The number of alkyl halides is 2. The van der Waals surface area contributed by atoms with Gasteiger partial charge in [0.15, 0.2) is 0 Å². The van der Waals surface area contributed by atoms with Crippen LogP contribution in [0.25, 0.3) is 0 Å². The molecule has 0 aliphatic heterocycles. The van der Waals surface area contributed by atoms with Crippen LogP contribution in [0, 0.1) is 0 Å². The fourth-order valence-electron chi connectivity index (χ4n) is 1.49. The standard InChI is InChI=1S/C13H17Cl2NO2/c14-7-10-16(11-8-15)9-6-13(17)18-12-4-2-1-3-5-12/h1-5H,6-11H2. The molecule has 3 nitrogen and oxygen atoms in total. The predicted molar refractivity (Wildman–Crippen MR) is 74.6 cm³/mol. The van der Waals surface area contributed by atoms with E-state index < -0.39 is 0 Å². The second kappa shape index (κ2) is 9.20. The first-order valence-corrected chi connectivity index (χ1v) is 6.93. The average Bonchev–Trinajstić information content (AvgIpc) is 2.38. The van der Waals surface area contributed by atoms with E-state index in [1.807, 2.05) is 23.1 Å². The molecule has 0 unspecified atom stereocenters. The first-order valence-electron chi connectivity index (χ1n) is 5.86. The van der Waals surface area contributed by atoms with Gasteiger partial charge >= 0.3 is 5.97 Å². The van der Waals surface area contributed by atoms with E-state index in [4.69, 9.17) is 27.9 Å². The lowest BCUT2D eigenvalue weighted by Crippen LogP contribution is -2.31. The summed E-state index contributed by atoms with van der Waals surface area (Å²) in [5, 5.41) is 0. The van der Waals surface area contributed by atoms with E-state index in [-0.39, 0.29) is 5.97 Å². The molecule has 0 spiro atoms. The zero-order chi connectivity index (χ0) is 13.2. The molecule has 0 amide bonds. The highest BCUT2D eigenvalue weighted by Gasteiger charge is 2.09. The largest absolute Gasteiger partial charge is 0.426 e. The minimum atomic E-state index is -0.240. The molecule has 0 aliphatic carbocycles. The van der Waals surface area contributed by atoms with E-state index in [1.165, 1.54) is 0 Å². The molecule has 100 valence electrons. The Labute approximate surface area is 118 Å². The molecule has 0 saturated carbocycles. The highest BCUT2D eigenvalue weighted by Crippen LogP contribution is 2.09. The van der Waals surface area contributed by atoms with Gasteiger partial charge in [-0.15, -0.1) is 23.2 Å². The van der Waals surface area contributed by atoms with Crippen LogP contribution in [0.5, 0.6) is 5.75 Å². The van der Waals surface area contributed by atoms with E-state index in [9.17, 15) is 4.79 Å². The molecule has 0 atom stereocenters. The Balaban J connectivity index is 2.31. The van der Waals surface area contributed by atoms with Gasteiger partial charge in [-0.2, -0.15) is 0 Å². The van der Waals surface area contributed by atoms with Crippen LogP contribution in [0.1, 0.15) is 6.42 Å². The first-order chi connectivity index (χ1) is 8.76. The summed E-state index contributed by atoms with van der Waals surface area (Å²) in [5.41, 5.74) is 0. The van der Waals surface area contributed by atoms with E-state index >= 15 is 0 Å². The van der Waals surface area contributed by atoms with Crippen LogP contribution < -0.4 is 4.74 Å². The number of hydrogen-bond donors (Lipinski definition) is 0. The lowest BCUT2D eigenvalue weighted by atomic mass is 10.3. The summed E-state index contributed by atoms with van der Waals surface area (Å²) >= 11 is 11.4. The fraction of sp³-hybridized carbons (Fsp3) is 0.462. The lowest BCUT2D eigenvalue weighted by molar-refractivity contribution is -0.134. The number of para-hydroxylation sites is 1. The van der Waals surface area contributed by atoms with Gasteiger partial charge in [-0.3, -0.25) is 4.79 Å². The SMILES string of the molecule is O=C(CCN(CCCl)CCCl)Oc1ccccc1. The minimum absolute atomic E-state index is 0.240. The highest BCUT2D eigenvalue weighted by molar-refractivity contribution is 6.18. The maximum Gasteiger partial charge on any atom is 0.312 e. The number of nitrogens with zero attached hydrogens (tertiary/aromatic N) is 1. The van der Waals surface area contributed by atoms with Crippen molar-refractivity contribution in [3.63, 3.8) is 0 Å². The van der Waals surface area contributed by atoms with Crippen LogP contribution in [-0.2, 0) is 4.79 Å². The Bertz CT molecular complexity index is 340. The Morgan fingerprint density at radius 3 is 2.22 bits per heavy atom. The molecule has 18 heavy (non-hydrogen) atoms. The van der Waals surface area contributed by atoms with Crippen molar-refractivity contribution >= 4 is 29.2 Å². The van der Waals surface area contributed by atoms with E-state index in [0.29, 0.717) is 30.5 Å². The van der Waals surface area contributed by atoms with E-state index in [1.54, 1.807) is 12.1 Å². The molecule has 0 aromatic heterocycles. The summed E-state index contributed by atoms with van der Waals surface area (Å²) < 4.78 is 5.19. The van der Waals surface area contributed by atoms with E-state index in [2.05, 4.69) is 0 Å². The van der Waals surface area contributed by atoms with Gasteiger partial charge in [0.25, 0.3) is 0 Å². The predicted octanol–water partition coefficient (Wildman–Crippen LogP) is 2.76. The average molecular weight is 290 g/mol. The minimum Gasteiger partial charge on any atom is -0.426 e. The zero-order valence-electron chi connectivity index (χ0n) is 10.1. The van der Waals surface area contributed by atoms with Gasteiger partial charge in [0.05, 0.1) is 6.42 Å². The third-order valence-corrected chi connectivity index (χ3v) is 2.75. The Hall–Kier alpha value is -0.770.